The first-order valence-corrected chi connectivity index (χ1v) is 31.9. The summed E-state index contributed by atoms with van der Waals surface area (Å²) in [5.41, 5.74) is 0. The lowest BCUT2D eigenvalue weighted by molar-refractivity contribution is -0.379. The Morgan fingerprint density at radius 3 is 1.21 bits per heavy atom. The molecule has 1 amide bonds. The first kappa shape index (κ1) is 72.8. The zero-order valence-electron chi connectivity index (χ0n) is 49.3. The number of unbranched alkanes of at least 4 members (excludes halogenated alkanes) is 30. The Hall–Kier alpha value is -1.47. The van der Waals surface area contributed by atoms with Crippen molar-refractivity contribution >= 4 is 5.91 Å². The summed E-state index contributed by atoms with van der Waals surface area (Å²) < 4.78 is 34.3. The van der Waals surface area contributed by atoms with Crippen LogP contribution in [-0.2, 0) is 33.2 Å². The molecule has 3 aliphatic rings. The van der Waals surface area contributed by atoms with Crippen LogP contribution in [0, 0.1) is 0 Å². The van der Waals surface area contributed by atoms with Gasteiger partial charge in [-0.15, -0.1) is 0 Å². The van der Waals surface area contributed by atoms with Gasteiger partial charge in [0.2, 0.25) is 5.91 Å². The molecule has 3 heterocycles. The van der Waals surface area contributed by atoms with Crippen LogP contribution >= 0.6 is 0 Å². The third-order valence-electron chi connectivity index (χ3n) is 16.3. The summed E-state index contributed by atoms with van der Waals surface area (Å²) in [7, 11) is 0. The SMILES string of the molecule is CCCCCCCC/C=C\CCCCCCCCCC(=O)NC(COC1OC(CO)C(OC2OC(CO)C(OC3OC(CO)C(O)C(O)C3O)C(O)C2O)C(O)C1O)C(O)CCCCCCCCCCCCCCCCCCCC. The van der Waals surface area contributed by atoms with Crippen LogP contribution < -0.4 is 5.32 Å². The van der Waals surface area contributed by atoms with Crippen LogP contribution in [0.5, 0.6) is 0 Å². The molecule has 0 aromatic rings. The molecule has 0 bridgehead atoms. The molecule has 0 saturated carbocycles. The first-order chi connectivity index (χ1) is 38.8. The van der Waals surface area contributed by atoms with Crippen molar-refractivity contribution in [2.75, 3.05) is 26.4 Å². The van der Waals surface area contributed by atoms with Gasteiger partial charge >= 0.3 is 0 Å². The highest BCUT2D eigenvalue weighted by atomic mass is 16.8. The van der Waals surface area contributed by atoms with E-state index in [2.05, 4.69) is 31.3 Å². The molecule has 3 fully saturated rings. The summed E-state index contributed by atoms with van der Waals surface area (Å²) >= 11 is 0. The summed E-state index contributed by atoms with van der Waals surface area (Å²) in [5.74, 6) is -0.245. The van der Waals surface area contributed by atoms with E-state index in [1.807, 2.05) is 0 Å². The van der Waals surface area contributed by atoms with E-state index < -0.39 is 124 Å². The Morgan fingerprint density at radius 1 is 0.438 bits per heavy atom. The van der Waals surface area contributed by atoms with Crippen LogP contribution in [0.1, 0.15) is 239 Å². The zero-order valence-corrected chi connectivity index (χ0v) is 49.3. The van der Waals surface area contributed by atoms with Crippen molar-refractivity contribution in [2.24, 2.45) is 0 Å². The molecule has 3 aliphatic heterocycles. The summed E-state index contributed by atoms with van der Waals surface area (Å²) in [5, 5.41) is 120. The fourth-order valence-corrected chi connectivity index (χ4v) is 11.1. The smallest absolute Gasteiger partial charge is 0.220 e. The van der Waals surface area contributed by atoms with Gasteiger partial charge in [-0.1, -0.05) is 206 Å². The Bertz CT molecular complexity index is 1510. The van der Waals surface area contributed by atoms with E-state index in [1.54, 1.807) is 0 Å². The monoisotopic (exact) mass is 1150 g/mol. The first-order valence-electron chi connectivity index (χ1n) is 31.9. The van der Waals surface area contributed by atoms with Gasteiger partial charge in [0, 0.05) is 6.42 Å². The minimum absolute atomic E-state index is 0.245. The highest BCUT2D eigenvalue weighted by Gasteiger charge is 2.53. The van der Waals surface area contributed by atoms with Crippen LogP contribution in [0.4, 0.5) is 0 Å². The van der Waals surface area contributed by atoms with Crippen LogP contribution in [-0.4, -0.2) is 193 Å². The van der Waals surface area contributed by atoms with E-state index in [9.17, 15) is 61.0 Å². The van der Waals surface area contributed by atoms with E-state index >= 15 is 0 Å². The van der Waals surface area contributed by atoms with E-state index in [0.29, 0.717) is 12.8 Å². The number of ether oxygens (including phenoxy) is 6. The molecular weight excluding hydrogens is 1030 g/mol. The van der Waals surface area contributed by atoms with Gasteiger partial charge in [-0.3, -0.25) is 4.79 Å². The molecule has 19 nitrogen and oxygen atoms in total. The van der Waals surface area contributed by atoms with Gasteiger partial charge in [0.25, 0.3) is 0 Å². The molecule has 19 heteroatoms. The number of hydrogen-bond donors (Lipinski definition) is 12. The second-order valence-corrected chi connectivity index (χ2v) is 23.2. The number of carbonyl (C=O) groups is 1. The van der Waals surface area contributed by atoms with Gasteiger partial charge in [-0.2, -0.15) is 0 Å². The Labute approximate surface area is 480 Å². The largest absolute Gasteiger partial charge is 0.394 e. The average molecular weight is 1150 g/mol. The number of carbonyl (C=O) groups excluding carboxylic acids is 1. The number of aliphatic hydroxyl groups is 11. The Balaban J connectivity index is 1.48. The second-order valence-electron chi connectivity index (χ2n) is 23.2. The minimum Gasteiger partial charge on any atom is -0.394 e. The molecule has 17 atom stereocenters. The van der Waals surface area contributed by atoms with E-state index in [4.69, 9.17) is 28.4 Å². The summed E-state index contributed by atoms with van der Waals surface area (Å²) in [4.78, 5) is 13.4. The highest BCUT2D eigenvalue weighted by Crippen LogP contribution is 2.33. The fraction of sp³-hybridized carbons (Fsp3) is 0.951. The van der Waals surface area contributed by atoms with E-state index in [-0.39, 0.29) is 18.9 Å². The van der Waals surface area contributed by atoms with Crippen LogP contribution in [0.25, 0.3) is 0 Å². The lowest BCUT2D eigenvalue weighted by Gasteiger charge is -2.48. The predicted molar refractivity (Wildman–Crippen MR) is 305 cm³/mol. The van der Waals surface area contributed by atoms with Gasteiger partial charge in [-0.05, 0) is 38.5 Å². The molecule has 80 heavy (non-hydrogen) atoms. The lowest BCUT2D eigenvalue weighted by Crippen LogP contribution is -2.66. The van der Waals surface area contributed by atoms with Crippen molar-refractivity contribution in [3.05, 3.63) is 12.2 Å². The van der Waals surface area contributed by atoms with Gasteiger partial charge in [0.1, 0.15) is 73.2 Å². The molecule has 3 saturated heterocycles. The van der Waals surface area contributed by atoms with Gasteiger partial charge < -0.3 is 89.9 Å². The summed E-state index contributed by atoms with van der Waals surface area (Å²) in [6.45, 7) is 1.80. The number of allylic oxidation sites excluding steroid dienone is 2. The maximum absolute atomic E-state index is 13.4. The predicted octanol–water partition coefficient (Wildman–Crippen LogP) is 6.55. The van der Waals surface area contributed by atoms with Crippen molar-refractivity contribution in [2.45, 2.75) is 343 Å². The number of amides is 1. The normalized spacial score (nSPS) is 30.0. The fourth-order valence-electron chi connectivity index (χ4n) is 11.1. The van der Waals surface area contributed by atoms with Crippen LogP contribution in [0.2, 0.25) is 0 Å². The third kappa shape index (κ3) is 28.2. The van der Waals surface area contributed by atoms with Gasteiger partial charge in [0.15, 0.2) is 18.9 Å². The quantitative estimate of drug-likeness (QED) is 0.0227. The molecule has 0 aliphatic carbocycles. The Morgan fingerprint density at radius 2 is 0.787 bits per heavy atom. The molecule has 3 rings (SSSR count). The molecule has 0 spiro atoms. The molecule has 17 unspecified atom stereocenters. The number of rotatable bonds is 48. The maximum atomic E-state index is 13.4. The molecule has 0 aromatic carbocycles. The van der Waals surface area contributed by atoms with E-state index in [1.165, 1.54) is 148 Å². The number of nitrogens with one attached hydrogen (secondary N) is 1. The van der Waals surface area contributed by atoms with Crippen molar-refractivity contribution in [1.82, 2.24) is 5.32 Å². The van der Waals surface area contributed by atoms with Gasteiger partial charge in [-0.25, -0.2) is 0 Å². The standard InChI is InChI=1S/C61H115NO18/c1-3-5-7-9-11-13-15-17-19-21-23-24-26-28-30-32-34-36-38-45(66)44(62-49(67)39-37-35-33-31-29-27-25-22-20-18-16-14-12-10-8-6-4-2)43-75-59-55(73)52(70)57(47(41-64)77-59)80-61-56(74)53(71)58(48(42-65)78-61)79-60-54(72)51(69)50(68)46(40-63)76-60/h18,20,44-48,50-61,63-66,68-74H,3-17,19,21-43H2,1-2H3,(H,62,67)/b20-18-. The van der Waals surface area contributed by atoms with Crippen molar-refractivity contribution in [3.63, 3.8) is 0 Å². The second kappa shape index (κ2) is 44.9. The molecular formula is C61H115NO18. The molecule has 472 valence electrons. The maximum Gasteiger partial charge on any atom is 0.220 e. The minimum atomic E-state index is -1.97. The summed E-state index contributed by atoms with van der Waals surface area (Å²) in [6, 6.07) is -0.886. The third-order valence-corrected chi connectivity index (χ3v) is 16.3. The lowest BCUT2D eigenvalue weighted by atomic mass is 9.96. The topological polar surface area (TPSA) is 307 Å². The number of aliphatic hydroxyl groups excluding tert-OH is 11. The van der Waals surface area contributed by atoms with Crippen molar-refractivity contribution in [1.29, 1.82) is 0 Å². The van der Waals surface area contributed by atoms with Crippen molar-refractivity contribution in [3.8, 4) is 0 Å². The highest BCUT2D eigenvalue weighted by molar-refractivity contribution is 5.76. The number of hydrogen-bond acceptors (Lipinski definition) is 18. The Kier molecular flexibility index (Phi) is 40.9. The van der Waals surface area contributed by atoms with Crippen molar-refractivity contribution < 1.29 is 89.4 Å². The van der Waals surface area contributed by atoms with E-state index in [0.717, 1.165) is 57.8 Å². The summed E-state index contributed by atoms with van der Waals surface area (Å²) in [6.07, 6.45) is 18.5. The molecule has 12 N–H and O–H groups in total. The van der Waals surface area contributed by atoms with Crippen LogP contribution in [0.3, 0.4) is 0 Å². The molecule has 0 aromatic heterocycles. The molecule has 0 radical (unpaired) electrons. The zero-order chi connectivity index (χ0) is 58.3. The average Bonchev–Trinajstić information content (AvgIpc) is 3.50. The van der Waals surface area contributed by atoms with Crippen LogP contribution in [0.15, 0.2) is 12.2 Å². The van der Waals surface area contributed by atoms with Gasteiger partial charge in [0.05, 0.1) is 38.6 Å².